The lowest BCUT2D eigenvalue weighted by Crippen LogP contribution is -2.44. The van der Waals surface area contributed by atoms with Crippen molar-refractivity contribution in [2.45, 2.75) is 51.5 Å². The van der Waals surface area contributed by atoms with Crippen LogP contribution in [0.15, 0.2) is 22.7 Å². The molecule has 1 aromatic carbocycles. The fraction of sp³-hybridized carbons (Fsp3) is 0.684. The van der Waals surface area contributed by atoms with Gasteiger partial charge in [-0.3, -0.25) is 0 Å². The zero-order valence-corrected chi connectivity index (χ0v) is 14.7. The quantitative estimate of drug-likeness (QED) is 0.800. The Morgan fingerprint density at radius 2 is 1.77 bits per heavy atom. The van der Waals surface area contributed by atoms with E-state index in [-0.39, 0.29) is 0 Å². The van der Waals surface area contributed by atoms with E-state index in [1.54, 1.807) is 6.07 Å². The van der Waals surface area contributed by atoms with E-state index in [9.17, 15) is 5.11 Å². The summed E-state index contributed by atoms with van der Waals surface area (Å²) in [5.74, 6) is 3.39. The molecular weight excluding hydrogens is 338 g/mol. The van der Waals surface area contributed by atoms with Crippen molar-refractivity contribution < 1.29 is 5.11 Å². The van der Waals surface area contributed by atoms with Crippen molar-refractivity contribution in [3.63, 3.8) is 0 Å². The van der Waals surface area contributed by atoms with Crippen molar-refractivity contribution in [2.24, 2.45) is 23.2 Å². The lowest BCUT2D eigenvalue weighted by molar-refractivity contribution is 0.0346. The maximum absolute atomic E-state index is 9.98. The minimum Gasteiger partial charge on any atom is -0.508 e. The van der Waals surface area contributed by atoms with Gasteiger partial charge in [0, 0.05) is 23.1 Å². The summed E-state index contributed by atoms with van der Waals surface area (Å²) in [6, 6.07) is 5.69. The normalized spacial score (nSPS) is 36.5. The van der Waals surface area contributed by atoms with Crippen molar-refractivity contribution >= 4 is 15.9 Å². The first-order valence-electron chi connectivity index (χ1n) is 8.80. The molecule has 22 heavy (non-hydrogen) atoms. The Bertz CT molecular complexity index is 542. The molecule has 2 N–H and O–H groups in total. The zero-order chi connectivity index (χ0) is 15.2. The second-order valence-electron chi connectivity index (χ2n) is 8.14. The van der Waals surface area contributed by atoms with Gasteiger partial charge in [0.25, 0.3) is 0 Å². The number of rotatable bonds is 4. The van der Waals surface area contributed by atoms with E-state index in [4.69, 9.17) is 0 Å². The summed E-state index contributed by atoms with van der Waals surface area (Å²) in [7, 11) is 0. The van der Waals surface area contributed by atoms with Crippen LogP contribution in [0.3, 0.4) is 0 Å². The van der Waals surface area contributed by atoms with Crippen molar-refractivity contribution in [2.75, 3.05) is 6.54 Å². The van der Waals surface area contributed by atoms with Crippen molar-refractivity contribution in [1.82, 2.24) is 5.32 Å². The number of fused-ring (bicyclic) bond motifs is 1. The van der Waals surface area contributed by atoms with Crippen molar-refractivity contribution in [1.29, 1.82) is 0 Å². The molecule has 3 heteroatoms. The monoisotopic (exact) mass is 363 g/mol. The Morgan fingerprint density at radius 3 is 2.50 bits per heavy atom. The average Bonchev–Trinajstić information content (AvgIpc) is 2.68. The standard InChI is InChI=1S/C19H26BrNO/c20-17-3-4-18(22)16(7-17)11-21-12-19-8-13-1-2-14(9-19)6-15(5-13)10-19/h3-4,7,13-15,21-22H,1-2,5-6,8-12H2/t13-,14+,15?,19?. The van der Waals surface area contributed by atoms with E-state index >= 15 is 0 Å². The number of hydrogen-bond acceptors (Lipinski definition) is 2. The zero-order valence-electron chi connectivity index (χ0n) is 13.2. The van der Waals surface area contributed by atoms with Crippen LogP contribution in [0.25, 0.3) is 0 Å². The van der Waals surface area contributed by atoms with Gasteiger partial charge in [-0.2, -0.15) is 0 Å². The van der Waals surface area contributed by atoms with Gasteiger partial charge in [-0.1, -0.05) is 28.8 Å². The van der Waals surface area contributed by atoms with Crippen molar-refractivity contribution in [3.05, 3.63) is 28.2 Å². The molecule has 0 radical (unpaired) electrons. The third-order valence-corrected chi connectivity index (χ3v) is 6.83. The molecule has 4 bridgehead atoms. The molecule has 0 saturated heterocycles. The van der Waals surface area contributed by atoms with E-state index in [0.29, 0.717) is 11.2 Å². The molecule has 120 valence electrons. The number of benzene rings is 1. The van der Waals surface area contributed by atoms with Crippen molar-refractivity contribution in [3.8, 4) is 5.75 Å². The lowest BCUT2D eigenvalue weighted by Gasteiger charge is -2.48. The highest BCUT2D eigenvalue weighted by molar-refractivity contribution is 9.10. The summed E-state index contributed by atoms with van der Waals surface area (Å²) >= 11 is 3.49. The topological polar surface area (TPSA) is 32.3 Å². The Morgan fingerprint density at radius 1 is 1.09 bits per heavy atom. The first kappa shape index (κ1) is 15.0. The first-order valence-corrected chi connectivity index (χ1v) is 9.59. The number of phenols is 1. The van der Waals surface area contributed by atoms with Crippen LogP contribution in [-0.4, -0.2) is 11.7 Å². The molecule has 0 heterocycles. The number of halogens is 1. The summed E-state index contributed by atoms with van der Waals surface area (Å²) in [4.78, 5) is 0. The number of nitrogens with one attached hydrogen (secondary N) is 1. The number of aromatic hydroxyl groups is 1. The third-order valence-electron chi connectivity index (χ3n) is 6.34. The van der Waals surface area contributed by atoms with Crippen LogP contribution in [0.1, 0.15) is 50.5 Å². The first-order chi connectivity index (χ1) is 10.6. The molecule has 4 aliphatic rings. The van der Waals surface area contributed by atoms with Gasteiger partial charge in [0.1, 0.15) is 5.75 Å². The van der Waals surface area contributed by atoms with Gasteiger partial charge < -0.3 is 10.4 Å². The Hall–Kier alpha value is -0.540. The van der Waals surface area contributed by atoms with Gasteiger partial charge in [-0.05, 0) is 73.5 Å². The van der Waals surface area contributed by atoms with Gasteiger partial charge >= 0.3 is 0 Å². The van der Waals surface area contributed by atoms with Gasteiger partial charge in [0.15, 0.2) is 0 Å². The maximum atomic E-state index is 9.98. The maximum Gasteiger partial charge on any atom is 0.120 e. The summed E-state index contributed by atoms with van der Waals surface area (Å²) in [5, 5.41) is 13.7. The van der Waals surface area contributed by atoms with Crippen LogP contribution in [0.4, 0.5) is 0 Å². The Balaban J connectivity index is 1.42. The summed E-state index contributed by atoms with van der Waals surface area (Å²) in [6.07, 6.45) is 10.3. The summed E-state index contributed by atoms with van der Waals surface area (Å²) < 4.78 is 1.04. The highest BCUT2D eigenvalue weighted by Crippen LogP contribution is 2.57. The Labute approximate surface area is 141 Å². The highest BCUT2D eigenvalue weighted by atomic mass is 79.9. The van der Waals surface area contributed by atoms with Crippen LogP contribution in [0, 0.1) is 23.2 Å². The van der Waals surface area contributed by atoms with E-state index in [1.807, 2.05) is 12.1 Å². The molecule has 0 aromatic heterocycles. The summed E-state index contributed by atoms with van der Waals surface area (Å²) in [5.41, 5.74) is 1.55. The minimum atomic E-state index is 0.401. The second kappa shape index (κ2) is 5.83. The van der Waals surface area contributed by atoms with Gasteiger partial charge in [0.05, 0.1) is 0 Å². The molecule has 0 aliphatic heterocycles. The van der Waals surface area contributed by atoms with Crippen LogP contribution < -0.4 is 5.32 Å². The van der Waals surface area contributed by atoms with Crippen LogP contribution in [0.5, 0.6) is 5.75 Å². The van der Waals surface area contributed by atoms with Crippen LogP contribution in [-0.2, 0) is 6.54 Å². The molecule has 4 atom stereocenters. The largest absolute Gasteiger partial charge is 0.508 e. The van der Waals surface area contributed by atoms with E-state index in [1.165, 1.54) is 44.9 Å². The van der Waals surface area contributed by atoms with E-state index < -0.39 is 0 Å². The second-order valence-corrected chi connectivity index (χ2v) is 9.05. The van der Waals surface area contributed by atoms with Gasteiger partial charge in [0.2, 0.25) is 0 Å². The third kappa shape index (κ3) is 2.94. The predicted molar refractivity (Wildman–Crippen MR) is 92.7 cm³/mol. The molecule has 1 aromatic rings. The predicted octanol–water partition coefficient (Wildman–Crippen LogP) is 4.85. The van der Waals surface area contributed by atoms with E-state index in [2.05, 4.69) is 21.2 Å². The molecule has 5 rings (SSSR count). The molecule has 2 unspecified atom stereocenters. The average molecular weight is 364 g/mol. The number of hydrogen-bond donors (Lipinski definition) is 2. The molecule has 4 saturated carbocycles. The Kier molecular flexibility index (Phi) is 3.98. The summed E-state index contributed by atoms with van der Waals surface area (Å²) in [6.45, 7) is 1.90. The molecule has 4 aliphatic carbocycles. The molecular formula is C19H26BrNO. The fourth-order valence-corrected chi connectivity index (χ4v) is 6.15. The van der Waals surface area contributed by atoms with Crippen LogP contribution in [0.2, 0.25) is 0 Å². The lowest BCUT2D eigenvalue weighted by atomic mass is 9.58. The van der Waals surface area contributed by atoms with Crippen LogP contribution >= 0.6 is 15.9 Å². The van der Waals surface area contributed by atoms with E-state index in [0.717, 1.165) is 40.9 Å². The minimum absolute atomic E-state index is 0.401. The fourth-order valence-electron chi connectivity index (χ4n) is 5.75. The molecule has 4 fully saturated rings. The SMILES string of the molecule is Oc1ccc(Br)cc1CNCC12CC3C[C@@H](CC[C@@H](C3)C1)C2. The van der Waals surface area contributed by atoms with Gasteiger partial charge in [-0.25, -0.2) is 0 Å². The molecule has 0 spiro atoms. The van der Waals surface area contributed by atoms with Gasteiger partial charge in [-0.15, -0.1) is 0 Å². The number of phenolic OH excluding ortho intramolecular Hbond substituents is 1. The highest BCUT2D eigenvalue weighted by Gasteiger charge is 2.47. The smallest absolute Gasteiger partial charge is 0.120 e. The molecule has 2 nitrogen and oxygen atoms in total. The molecule has 0 amide bonds.